The maximum Gasteiger partial charge on any atom is 0.417 e. The predicted octanol–water partition coefficient (Wildman–Crippen LogP) is 4.06. The summed E-state index contributed by atoms with van der Waals surface area (Å²) in [6.45, 7) is 4.73. The quantitative estimate of drug-likeness (QED) is 0.671. The van der Waals surface area contributed by atoms with Crippen molar-refractivity contribution >= 4 is 15.9 Å². The zero-order valence-electron chi connectivity index (χ0n) is 17.0. The molecule has 164 valence electrons. The molecule has 0 aliphatic heterocycles. The molecular formula is C21H25F3N2O3S. The molecule has 0 aliphatic carbocycles. The third-order valence-electron chi connectivity index (χ3n) is 4.72. The molecule has 1 N–H and O–H groups in total. The van der Waals surface area contributed by atoms with Crippen LogP contribution in [-0.4, -0.2) is 31.2 Å². The molecule has 1 atom stereocenters. The Bertz CT molecular complexity index is 961. The average Bonchev–Trinajstić information content (AvgIpc) is 2.67. The molecule has 0 spiro atoms. The summed E-state index contributed by atoms with van der Waals surface area (Å²) in [4.78, 5) is 11.6. The van der Waals surface area contributed by atoms with Crippen LogP contribution in [0.3, 0.4) is 0 Å². The Morgan fingerprint density at radius 3 is 2.13 bits per heavy atom. The second-order valence-corrected chi connectivity index (χ2v) is 9.26. The normalized spacial score (nSPS) is 13.5. The van der Waals surface area contributed by atoms with Crippen molar-refractivity contribution in [3.63, 3.8) is 0 Å². The molecule has 0 bridgehead atoms. The van der Waals surface area contributed by atoms with E-state index in [0.29, 0.717) is 11.6 Å². The number of nitrogens with one attached hydrogen (secondary N) is 1. The first-order chi connectivity index (χ1) is 13.9. The van der Waals surface area contributed by atoms with Crippen molar-refractivity contribution < 1.29 is 26.4 Å². The van der Waals surface area contributed by atoms with Gasteiger partial charge in [0.1, 0.15) is 0 Å². The summed E-state index contributed by atoms with van der Waals surface area (Å²) in [5, 5.41) is 2.70. The Balaban J connectivity index is 2.44. The first-order valence-corrected chi connectivity index (χ1v) is 10.9. The molecule has 0 fully saturated rings. The molecule has 1 unspecified atom stereocenters. The number of amides is 1. The minimum atomic E-state index is -4.85. The first-order valence-electron chi connectivity index (χ1n) is 9.42. The van der Waals surface area contributed by atoms with Gasteiger partial charge in [0.15, 0.2) is 0 Å². The van der Waals surface area contributed by atoms with Gasteiger partial charge in [0, 0.05) is 12.6 Å². The van der Waals surface area contributed by atoms with Gasteiger partial charge >= 0.3 is 6.18 Å². The Hall–Kier alpha value is -2.39. The number of rotatable bonds is 8. The molecule has 2 aromatic rings. The third kappa shape index (κ3) is 6.06. The van der Waals surface area contributed by atoms with Gasteiger partial charge in [-0.05, 0) is 30.5 Å². The van der Waals surface area contributed by atoms with Crippen molar-refractivity contribution in [3.8, 4) is 0 Å². The van der Waals surface area contributed by atoms with Crippen LogP contribution in [0.5, 0.6) is 0 Å². The standard InChI is InChI=1S/C21H25F3N2O3S/c1-15(2)16(3)25-20(27)14-26(13-17-9-5-4-6-10-17)30(28,29)19-12-8-7-11-18(19)21(22,23)24/h4-12,15-16H,13-14H2,1-3H3,(H,25,27). The van der Waals surface area contributed by atoms with E-state index in [-0.39, 0.29) is 18.5 Å². The van der Waals surface area contributed by atoms with Crippen LogP contribution in [0, 0.1) is 5.92 Å². The van der Waals surface area contributed by atoms with E-state index in [4.69, 9.17) is 0 Å². The number of nitrogens with zero attached hydrogens (tertiary/aromatic N) is 1. The van der Waals surface area contributed by atoms with E-state index >= 15 is 0 Å². The number of sulfonamides is 1. The van der Waals surface area contributed by atoms with E-state index in [9.17, 15) is 26.4 Å². The lowest BCUT2D eigenvalue weighted by atomic mass is 10.1. The number of hydrogen-bond acceptors (Lipinski definition) is 3. The topological polar surface area (TPSA) is 66.5 Å². The molecule has 0 saturated heterocycles. The minimum absolute atomic E-state index is 0.110. The van der Waals surface area contributed by atoms with Crippen molar-refractivity contribution in [1.29, 1.82) is 0 Å². The highest BCUT2D eigenvalue weighted by Crippen LogP contribution is 2.35. The molecule has 1 amide bonds. The maximum atomic E-state index is 13.4. The molecule has 2 rings (SSSR count). The van der Waals surface area contributed by atoms with Crippen LogP contribution in [0.1, 0.15) is 31.9 Å². The molecule has 30 heavy (non-hydrogen) atoms. The van der Waals surface area contributed by atoms with E-state index < -0.39 is 39.1 Å². The van der Waals surface area contributed by atoms with Gasteiger partial charge in [0.25, 0.3) is 0 Å². The van der Waals surface area contributed by atoms with Crippen molar-refractivity contribution in [3.05, 3.63) is 65.7 Å². The summed E-state index contributed by atoms with van der Waals surface area (Å²) >= 11 is 0. The molecule has 0 radical (unpaired) electrons. The molecular weight excluding hydrogens is 417 g/mol. The Morgan fingerprint density at radius 1 is 1.00 bits per heavy atom. The number of benzene rings is 2. The highest BCUT2D eigenvalue weighted by Gasteiger charge is 2.39. The monoisotopic (exact) mass is 442 g/mol. The molecule has 2 aromatic carbocycles. The molecule has 9 heteroatoms. The van der Waals surface area contributed by atoms with Gasteiger partial charge in [-0.1, -0.05) is 56.3 Å². The number of carbonyl (C=O) groups excluding carboxylic acids is 1. The SMILES string of the molecule is CC(C)C(C)NC(=O)CN(Cc1ccccc1)S(=O)(=O)c1ccccc1C(F)(F)F. The van der Waals surface area contributed by atoms with Crippen molar-refractivity contribution in [2.75, 3.05) is 6.54 Å². The van der Waals surface area contributed by atoms with E-state index in [1.165, 1.54) is 6.07 Å². The van der Waals surface area contributed by atoms with Crippen LogP contribution in [0.2, 0.25) is 0 Å². The lowest BCUT2D eigenvalue weighted by molar-refractivity contribution is -0.139. The molecule has 0 saturated carbocycles. The zero-order chi connectivity index (χ0) is 22.5. The van der Waals surface area contributed by atoms with Gasteiger partial charge in [-0.3, -0.25) is 4.79 Å². The zero-order valence-corrected chi connectivity index (χ0v) is 17.8. The van der Waals surface area contributed by atoms with Gasteiger partial charge in [0.05, 0.1) is 17.0 Å². The van der Waals surface area contributed by atoms with Gasteiger partial charge < -0.3 is 5.32 Å². The van der Waals surface area contributed by atoms with Gasteiger partial charge in [-0.2, -0.15) is 17.5 Å². The van der Waals surface area contributed by atoms with Crippen molar-refractivity contribution in [1.82, 2.24) is 9.62 Å². The fourth-order valence-corrected chi connectivity index (χ4v) is 4.30. The van der Waals surface area contributed by atoms with Crippen LogP contribution in [-0.2, 0) is 27.5 Å². The fourth-order valence-electron chi connectivity index (χ4n) is 2.70. The lowest BCUT2D eigenvalue weighted by Gasteiger charge is -2.25. The van der Waals surface area contributed by atoms with Crippen LogP contribution >= 0.6 is 0 Å². The van der Waals surface area contributed by atoms with Crippen LogP contribution in [0.4, 0.5) is 13.2 Å². The largest absolute Gasteiger partial charge is 0.417 e. The predicted molar refractivity (Wildman–Crippen MR) is 108 cm³/mol. The van der Waals surface area contributed by atoms with E-state index in [0.717, 1.165) is 16.4 Å². The smallest absolute Gasteiger partial charge is 0.352 e. The number of hydrogen-bond donors (Lipinski definition) is 1. The Kier molecular flexibility index (Phi) is 7.65. The third-order valence-corrected chi connectivity index (χ3v) is 6.57. The lowest BCUT2D eigenvalue weighted by Crippen LogP contribution is -2.44. The summed E-state index contributed by atoms with van der Waals surface area (Å²) in [6, 6.07) is 12.2. The van der Waals surface area contributed by atoms with Crippen LogP contribution < -0.4 is 5.32 Å². The van der Waals surface area contributed by atoms with E-state index in [2.05, 4.69) is 5.32 Å². The minimum Gasteiger partial charge on any atom is -0.352 e. The summed E-state index contributed by atoms with van der Waals surface area (Å²) in [6.07, 6.45) is -4.85. The summed E-state index contributed by atoms with van der Waals surface area (Å²) in [5.41, 5.74) is -0.714. The number of alkyl halides is 3. The second-order valence-electron chi connectivity index (χ2n) is 7.35. The average molecular weight is 443 g/mol. The first kappa shape index (κ1) is 23.9. The van der Waals surface area contributed by atoms with Crippen molar-refractivity contribution in [2.45, 2.75) is 44.4 Å². The van der Waals surface area contributed by atoms with Gasteiger partial charge in [0.2, 0.25) is 15.9 Å². The Morgan fingerprint density at radius 2 is 1.57 bits per heavy atom. The van der Waals surface area contributed by atoms with E-state index in [1.807, 2.05) is 13.8 Å². The molecule has 5 nitrogen and oxygen atoms in total. The Labute approximate surface area is 175 Å². The molecule has 0 aliphatic rings. The van der Waals surface area contributed by atoms with Crippen LogP contribution in [0.15, 0.2) is 59.5 Å². The maximum absolute atomic E-state index is 13.4. The van der Waals surface area contributed by atoms with E-state index in [1.54, 1.807) is 37.3 Å². The summed E-state index contributed by atoms with van der Waals surface area (Å²) in [5.74, 6) is -0.473. The molecule has 0 aromatic heterocycles. The number of halogens is 3. The second kappa shape index (κ2) is 9.61. The summed E-state index contributed by atoms with van der Waals surface area (Å²) < 4.78 is 67.5. The number of carbonyl (C=O) groups is 1. The summed E-state index contributed by atoms with van der Waals surface area (Å²) in [7, 11) is -4.61. The highest BCUT2D eigenvalue weighted by molar-refractivity contribution is 7.89. The van der Waals surface area contributed by atoms with Gasteiger partial charge in [-0.25, -0.2) is 8.42 Å². The molecule has 0 heterocycles. The van der Waals surface area contributed by atoms with Crippen molar-refractivity contribution in [2.24, 2.45) is 5.92 Å². The van der Waals surface area contributed by atoms with Crippen LogP contribution in [0.25, 0.3) is 0 Å². The highest BCUT2D eigenvalue weighted by atomic mass is 32.2. The van der Waals surface area contributed by atoms with Gasteiger partial charge in [-0.15, -0.1) is 0 Å². The fraction of sp³-hybridized carbons (Fsp3) is 0.381.